The lowest BCUT2D eigenvalue weighted by atomic mass is 9.82. The highest BCUT2D eigenvalue weighted by molar-refractivity contribution is 5.38. The van der Waals surface area contributed by atoms with Gasteiger partial charge in [0, 0.05) is 0 Å². The Hall–Kier alpha value is -0.860. The first-order valence-corrected chi connectivity index (χ1v) is 6.08. The number of hydrogen-bond donors (Lipinski definition) is 2. The van der Waals surface area contributed by atoms with Gasteiger partial charge in [-0.1, -0.05) is 32.9 Å². The standard InChI is InChI=1S/C15H24O2/c1-9-7-11(3)12(8-10(9)2)13(16)14(17)15(4,5)6/h7-8,13-14,16-17H,1-6H3. The summed E-state index contributed by atoms with van der Waals surface area (Å²) in [7, 11) is 0. The summed E-state index contributed by atoms with van der Waals surface area (Å²) in [5.74, 6) is 0. The lowest BCUT2D eigenvalue weighted by Gasteiger charge is -2.31. The molecule has 0 aliphatic heterocycles. The van der Waals surface area contributed by atoms with Gasteiger partial charge < -0.3 is 10.2 Å². The first kappa shape index (κ1) is 14.2. The van der Waals surface area contributed by atoms with Crippen molar-refractivity contribution in [1.82, 2.24) is 0 Å². The van der Waals surface area contributed by atoms with E-state index in [-0.39, 0.29) is 5.41 Å². The minimum Gasteiger partial charge on any atom is -0.390 e. The number of aryl methyl sites for hydroxylation is 3. The fourth-order valence-corrected chi connectivity index (χ4v) is 1.95. The Bertz CT molecular complexity index is 402. The lowest BCUT2D eigenvalue weighted by Crippen LogP contribution is -2.32. The van der Waals surface area contributed by atoms with E-state index in [2.05, 4.69) is 13.0 Å². The van der Waals surface area contributed by atoms with Crippen molar-refractivity contribution in [2.24, 2.45) is 5.41 Å². The molecule has 96 valence electrons. The molecule has 0 fully saturated rings. The largest absolute Gasteiger partial charge is 0.390 e. The van der Waals surface area contributed by atoms with E-state index in [0.29, 0.717) is 0 Å². The van der Waals surface area contributed by atoms with E-state index in [1.807, 2.05) is 40.7 Å². The maximum atomic E-state index is 10.3. The van der Waals surface area contributed by atoms with Crippen molar-refractivity contribution in [1.29, 1.82) is 0 Å². The molecule has 0 aliphatic rings. The van der Waals surface area contributed by atoms with E-state index in [1.165, 1.54) is 5.56 Å². The zero-order chi connectivity index (χ0) is 13.4. The maximum Gasteiger partial charge on any atom is 0.106 e. The Balaban J connectivity index is 3.13. The number of rotatable bonds is 2. The van der Waals surface area contributed by atoms with Crippen LogP contribution in [0, 0.1) is 26.2 Å². The molecule has 0 spiro atoms. The van der Waals surface area contributed by atoms with Crippen LogP contribution < -0.4 is 0 Å². The molecule has 1 rings (SSSR count). The topological polar surface area (TPSA) is 40.5 Å². The van der Waals surface area contributed by atoms with Gasteiger partial charge in [0.05, 0.1) is 6.10 Å². The second-order valence-corrected chi connectivity index (χ2v) is 6.05. The molecule has 2 N–H and O–H groups in total. The average Bonchev–Trinajstić information content (AvgIpc) is 2.20. The van der Waals surface area contributed by atoms with Gasteiger partial charge in [-0.15, -0.1) is 0 Å². The molecule has 0 bridgehead atoms. The summed E-state index contributed by atoms with van der Waals surface area (Å²) >= 11 is 0. The van der Waals surface area contributed by atoms with Crippen molar-refractivity contribution in [2.75, 3.05) is 0 Å². The summed E-state index contributed by atoms with van der Waals surface area (Å²) in [6.07, 6.45) is -1.59. The highest BCUT2D eigenvalue weighted by Crippen LogP contribution is 2.32. The molecule has 1 aromatic carbocycles. The van der Waals surface area contributed by atoms with Gasteiger partial charge in [0.15, 0.2) is 0 Å². The Labute approximate surface area is 104 Å². The van der Waals surface area contributed by atoms with E-state index in [9.17, 15) is 10.2 Å². The molecule has 2 nitrogen and oxygen atoms in total. The quantitative estimate of drug-likeness (QED) is 0.828. The summed E-state index contributed by atoms with van der Waals surface area (Å²) < 4.78 is 0. The molecule has 2 unspecified atom stereocenters. The van der Waals surface area contributed by atoms with Gasteiger partial charge in [0.1, 0.15) is 6.10 Å². The van der Waals surface area contributed by atoms with E-state index in [1.54, 1.807) is 0 Å². The summed E-state index contributed by atoms with van der Waals surface area (Å²) in [6, 6.07) is 4.04. The van der Waals surface area contributed by atoms with Crippen LogP contribution in [0.15, 0.2) is 12.1 Å². The average molecular weight is 236 g/mol. The molecule has 2 atom stereocenters. The Morgan fingerprint density at radius 3 is 1.82 bits per heavy atom. The maximum absolute atomic E-state index is 10.3. The molecule has 0 aromatic heterocycles. The van der Waals surface area contributed by atoms with Crippen LogP contribution in [0.3, 0.4) is 0 Å². The monoisotopic (exact) mass is 236 g/mol. The third-order valence-electron chi connectivity index (χ3n) is 3.39. The van der Waals surface area contributed by atoms with Gasteiger partial charge in [-0.3, -0.25) is 0 Å². The van der Waals surface area contributed by atoms with Crippen molar-refractivity contribution in [2.45, 2.75) is 53.8 Å². The second-order valence-electron chi connectivity index (χ2n) is 6.05. The third kappa shape index (κ3) is 3.08. The fourth-order valence-electron chi connectivity index (χ4n) is 1.95. The van der Waals surface area contributed by atoms with Crippen molar-refractivity contribution >= 4 is 0 Å². The molecule has 0 heterocycles. The lowest BCUT2D eigenvalue weighted by molar-refractivity contribution is -0.0461. The van der Waals surface area contributed by atoms with Crippen LogP contribution >= 0.6 is 0 Å². The van der Waals surface area contributed by atoms with Gasteiger partial charge in [-0.05, 0) is 48.4 Å². The molecule has 0 aliphatic carbocycles. The van der Waals surface area contributed by atoms with E-state index in [4.69, 9.17) is 0 Å². The van der Waals surface area contributed by atoms with Crippen LogP contribution in [0.5, 0.6) is 0 Å². The highest BCUT2D eigenvalue weighted by Gasteiger charge is 2.30. The van der Waals surface area contributed by atoms with Crippen molar-refractivity contribution in [3.63, 3.8) is 0 Å². The van der Waals surface area contributed by atoms with E-state index >= 15 is 0 Å². The van der Waals surface area contributed by atoms with Gasteiger partial charge in [0.2, 0.25) is 0 Å². The fraction of sp³-hybridized carbons (Fsp3) is 0.600. The molecule has 17 heavy (non-hydrogen) atoms. The van der Waals surface area contributed by atoms with Gasteiger partial charge in [0.25, 0.3) is 0 Å². The van der Waals surface area contributed by atoms with Crippen LogP contribution in [0.25, 0.3) is 0 Å². The first-order valence-electron chi connectivity index (χ1n) is 6.08. The first-order chi connectivity index (χ1) is 7.64. The van der Waals surface area contributed by atoms with Crippen LogP contribution in [0.1, 0.15) is 49.1 Å². The minimum absolute atomic E-state index is 0.329. The molecule has 0 radical (unpaired) electrons. The van der Waals surface area contributed by atoms with Crippen molar-refractivity contribution in [3.8, 4) is 0 Å². The van der Waals surface area contributed by atoms with Crippen molar-refractivity contribution in [3.05, 3.63) is 34.4 Å². The summed E-state index contributed by atoms with van der Waals surface area (Å²) in [4.78, 5) is 0. The van der Waals surface area contributed by atoms with E-state index in [0.717, 1.165) is 16.7 Å². The van der Waals surface area contributed by atoms with Crippen molar-refractivity contribution < 1.29 is 10.2 Å². The molecule has 1 aromatic rings. The Morgan fingerprint density at radius 1 is 0.882 bits per heavy atom. The van der Waals surface area contributed by atoms with Crippen LogP contribution in [0.2, 0.25) is 0 Å². The normalized spacial score (nSPS) is 15.8. The second kappa shape index (κ2) is 4.79. The zero-order valence-corrected chi connectivity index (χ0v) is 11.7. The number of aliphatic hydroxyl groups excluding tert-OH is 2. The number of benzene rings is 1. The van der Waals surface area contributed by atoms with Gasteiger partial charge >= 0.3 is 0 Å². The zero-order valence-electron chi connectivity index (χ0n) is 11.7. The predicted octanol–water partition coefficient (Wildman–Crippen LogP) is 3.05. The van der Waals surface area contributed by atoms with Crippen LogP contribution in [-0.4, -0.2) is 16.3 Å². The molecule has 0 saturated carbocycles. The number of hydrogen-bond acceptors (Lipinski definition) is 2. The Kier molecular flexibility index (Phi) is 4.00. The molecular formula is C15H24O2. The van der Waals surface area contributed by atoms with Gasteiger partial charge in [-0.2, -0.15) is 0 Å². The van der Waals surface area contributed by atoms with Crippen LogP contribution in [0.4, 0.5) is 0 Å². The predicted molar refractivity (Wildman–Crippen MR) is 71.1 cm³/mol. The SMILES string of the molecule is Cc1cc(C)c(C(O)C(O)C(C)(C)C)cc1C. The summed E-state index contributed by atoms with van der Waals surface area (Å²) in [6.45, 7) is 11.8. The summed E-state index contributed by atoms with van der Waals surface area (Å²) in [5, 5.41) is 20.4. The minimum atomic E-state index is -0.825. The highest BCUT2D eigenvalue weighted by atomic mass is 16.3. The van der Waals surface area contributed by atoms with Crippen LogP contribution in [-0.2, 0) is 0 Å². The Morgan fingerprint density at radius 2 is 1.35 bits per heavy atom. The molecule has 0 saturated heterocycles. The summed E-state index contributed by atoms with van der Waals surface area (Å²) in [5.41, 5.74) is 3.89. The molecular weight excluding hydrogens is 212 g/mol. The van der Waals surface area contributed by atoms with E-state index < -0.39 is 12.2 Å². The smallest absolute Gasteiger partial charge is 0.106 e. The molecule has 0 amide bonds. The third-order valence-corrected chi connectivity index (χ3v) is 3.39. The molecule has 2 heteroatoms. The van der Waals surface area contributed by atoms with Gasteiger partial charge in [-0.25, -0.2) is 0 Å². The number of aliphatic hydroxyl groups is 2.